The number of carboxylic acids is 1. The van der Waals surface area contributed by atoms with Gasteiger partial charge in [0.25, 0.3) is 0 Å². The first-order valence-corrected chi connectivity index (χ1v) is 11.2. The molecule has 0 radical (unpaired) electrons. The van der Waals surface area contributed by atoms with Gasteiger partial charge in [0.1, 0.15) is 4.88 Å². The highest BCUT2D eigenvalue weighted by molar-refractivity contribution is 7.13. The van der Waals surface area contributed by atoms with E-state index in [2.05, 4.69) is 6.92 Å². The molecule has 2 rings (SSSR count). The zero-order chi connectivity index (χ0) is 19.8. The number of aliphatic hydroxyl groups is 2. The second kappa shape index (κ2) is 11.2. The number of unbranched alkanes of at least 4 members (excludes halogenated alkanes) is 2. The van der Waals surface area contributed by atoms with Crippen molar-refractivity contribution in [3.05, 3.63) is 34.0 Å². The van der Waals surface area contributed by atoms with Crippen LogP contribution >= 0.6 is 22.9 Å². The minimum Gasteiger partial charge on any atom is -0.477 e. The van der Waals surface area contributed by atoms with Crippen LogP contribution in [0.1, 0.15) is 66.4 Å². The first kappa shape index (κ1) is 22.4. The lowest BCUT2D eigenvalue weighted by Crippen LogP contribution is -2.19. The average molecular weight is 415 g/mol. The van der Waals surface area contributed by atoms with E-state index in [1.165, 1.54) is 11.3 Å². The number of aliphatic hydroxyl groups excluding tert-OH is 2. The molecule has 1 saturated carbocycles. The summed E-state index contributed by atoms with van der Waals surface area (Å²) in [6.45, 7) is 2.14. The van der Waals surface area contributed by atoms with Crippen LogP contribution in [-0.2, 0) is 6.42 Å². The van der Waals surface area contributed by atoms with Crippen LogP contribution in [0.2, 0.25) is 0 Å². The van der Waals surface area contributed by atoms with E-state index in [0.717, 1.165) is 49.8 Å². The second-order valence-electron chi connectivity index (χ2n) is 7.47. The van der Waals surface area contributed by atoms with E-state index >= 15 is 0 Å². The number of carbonyl (C=O) groups is 1. The highest BCUT2D eigenvalue weighted by Gasteiger charge is 2.39. The molecule has 152 valence electrons. The third-order valence-electron chi connectivity index (χ3n) is 5.36. The zero-order valence-corrected chi connectivity index (χ0v) is 17.5. The summed E-state index contributed by atoms with van der Waals surface area (Å²) in [6, 6.07) is 3.53. The lowest BCUT2D eigenvalue weighted by Gasteiger charge is -2.21. The molecule has 0 aromatic carbocycles. The molecule has 3 N–H and O–H groups in total. The molecule has 27 heavy (non-hydrogen) atoms. The Kier molecular flexibility index (Phi) is 9.30. The molecule has 0 spiro atoms. The van der Waals surface area contributed by atoms with Gasteiger partial charge in [-0.3, -0.25) is 0 Å². The van der Waals surface area contributed by atoms with Crippen LogP contribution in [0.3, 0.4) is 0 Å². The van der Waals surface area contributed by atoms with E-state index < -0.39 is 18.2 Å². The van der Waals surface area contributed by atoms with Gasteiger partial charge >= 0.3 is 5.97 Å². The van der Waals surface area contributed by atoms with Crippen molar-refractivity contribution in [2.75, 3.05) is 0 Å². The highest BCUT2D eigenvalue weighted by Crippen LogP contribution is 2.40. The van der Waals surface area contributed by atoms with Gasteiger partial charge in [0.15, 0.2) is 0 Å². The standard InChI is InChI=1S/C21H31ClO4S/c1-2-3-4-6-14(23)9-11-17-16(18(22)13-19(17)24)8-5-7-15-10-12-20(27-15)21(25)26/h9-12,14,16-19,23-24H,2-8,13H2,1H3,(H,25,26)/b11-9+/t14-,16+,17+,18+,19+/m0/s1. The number of hydrogen-bond acceptors (Lipinski definition) is 4. The van der Waals surface area contributed by atoms with E-state index in [-0.39, 0.29) is 17.2 Å². The summed E-state index contributed by atoms with van der Waals surface area (Å²) in [7, 11) is 0. The van der Waals surface area contributed by atoms with Gasteiger partial charge in [0.05, 0.1) is 12.2 Å². The zero-order valence-electron chi connectivity index (χ0n) is 15.9. The minimum absolute atomic E-state index is 0.0220. The molecule has 0 aliphatic heterocycles. The SMILES string of the molecule is CCCCC[C@H](O)/C=C/[C@@H]1[C@@H](CCCc2ccc(C(=O)O)s2)[C@H](Cl)C[C@H]1O. The normalized spacial score (nSPS) is 26.7. The van der Waals surface area contributed by atoms with Crippen molar-refractivity contribution in [2.45, 2.75) is 75.9 Å². The summed E-state index contributed by atoms with van der Waals surface area (Å²) < 4.78 is 0. The lowest BCUT2D eigenvalue weighted by molar-refractivity contribution is 0.0702. The Morgan fingerprint density at radius 3 is 2.81 bits per heavy atom. The molecule has 0 saturated heterocycles. The quantitative estimate of drug-likeness (QED) is 0.274. The van der Waals surface area contributed by atoms with E-state index in [4.69, 9.17) is 16.7 Å². The van der Waals surface area contributed by atoms with E-state index in [1.54, 1.807) is 6.07 Å². The van der Waals surface area contributed by atoms with Crippen molar-refractivity contribution in [3.63, 3.8) is 0 Å². The van der Waals surface area contributed by atoms with E-state index in [0.29, 0.717) is 11.3 Å². The third-order valence-corrected chi connectivity index (χ3v) is 7.00. The molecule has 0 amide bonds. The van der Waals surface area contributed by atoms with Crippen molar-refractivity contribution in [2.24, 2.45) is 11.8 Å². The van der Waals surface area contributed by atoms with Gasteiger partial charge in [-0.15, -0.1) is 22.9 Å². The van der Waals surface area contributed by atoms with Crippen molar-refractivity contribution in [1.29, 1.82) is 0 Å². The summed E-state index contributed by atoms with van der Waals surface area (Å²) in [5, 5.41) is 29.4. The first-order valence-electron chi connectivity index (χ1n) is 9.92. The number of aromatic carboxylic acids is 1. The second-order valence-corrected chi connectivity index (χ2v) is 9.20. The monoisotopic (exact) mass is 414 g/mol. The molecule has 4 nitrogen and oxygen atoms in total. The Morgan fingerprint density at radius 1 is 1.37 bits per heavy atom. The van der Waals surface area contributed by atoms with Gasteiger partial charge in [-0.05, 0) is 50.2 Å². The highest BCUT2D eigenvalue weighted by atomic mass is 35.5. The van der Waals surface area contributed by atoms with Gasteiger partial charge in [-0.1, -0.05) is 38.3 Å². The Morgan fingerprint density at radius 2 is 2.15 bits per heavy atom. The molecule has 1 aliphatic carbocycles. The lowest BCUT2D eigenvalue weighted by atomic mass is 9.89. The Hall–Kier alpha value is -0.880. The summed E-state index contributed by atoms with van der Waals surface area (Å²) in [5.41, 5.74) is 0. The minimum atomic E-state index is -0.881. The molecule has 1 aromatic heterocycles. The number of alkyl halides is 1. The summed E-state index contributed by atoms with van der Waals surface area (Å²) in [6.07, 6.45) is 10.1. The first-order chi connectivity index (χ1) is 12.9. The maximum atomic E-state index is 11.0. The van der Waals surface area contributed by atoms with Crippen LogP contribution in [0, 0.1) is 11.8 Å². The Balaban J connectivity index is 1.85. The molecule has 1 aromatic rings. The predicted molar refractivity (Wildman–Crippen MR) is 111 cm³/mol. The maximum absolute atomic E-state index is 11.0. The largest absolute Gasteiger partial charge is 0.477 e. The molecule has 5 atom stereocenters. The molecule has 1 aliphatic rings. The van der Waals surface area contributed by atoms with E-state index in [9.17, 15) is 15.0 Å². The van der Waals surface area contributed by atoms with Crippen LogP contribution in [0.25, 0.3) is 0 Å². The molecule has 1 heterocycles. The third kappa shape index (κ3) is 6.90. The average Bonchev–Trinajstić information content (AvgIpc) is 3.19. The van der Waals surface area contributed by atoms with Crippen LogP contribution in [0.4, 0.5) is 0 Å². The number of halogens is 1. The summed E-state index contributed by atoms with van der Waals surface area (Å²) in [4.78, 5) is 12.4. The smallest absolute Gasteiger partial charge is 0.345 e. The van der Waals surface area contributed by atoms with Crippen LogP contribution < -0.4 is 0 Å². The van der Waals surface area contributed by atoms with E-state index in [1.807, 2.05) is 18.2 Å². The number of carboxylic acid groups (broad SMARTS) is 1. The fourth-order valence-corrected chi connectivity index (χ4v) is 5.19. The van der Waals surface area contributed by atoms with Crippen molar-refractivity contribution < 1.29 is 20.1 Å². The number of rotatable bonds is 11. The van der Waals surface area contributed by atoms with Gasteiger partial charge < -0.3 is 15.3 Å². The molecule has 0 unspecified atom stereocenters. The van der Waals surface area contributed by atoms with Crippen LogP contribution in [-0.4, -0.2) is 38.9 Å². The molecule has 0 bridgehead atoms. The molecule has 6 heteroatoms. The summed E-state index contributed by atoms with van der Waals surface area (Å²) >= 11 is 7.80. The van der Waals surface area contributed by atoms with Gasteiger partial charge in [0, 0.05) is 16.2 Å². The number of hydrogen-bond donors (Lipinski definition) is 3. The maximum Gasteiger partial charge on any atom is 0.345 e. The van der Waals surface area contributed by atoms with Crippen molar-refractivity contribution in [1.82, 2.24) is 0 Å². The van der Waals surface area contributed by atoms with Gasteiger partial charge in [0.2, 0.25) is 0 Å². The predicted octanol–water partition coefficient (Wildman–Crippen LogP) is 4.87. The molecule has 1 fully saturated rings. The number of aryl methyl sites for hydroxylation is 1. The Labute approximate surface area is 170 Å². The van der Waals surface area contributed by atoms with Crippen molar-refractivity contribution in [3.8, 4) is 0 Å². The molecular formula is C21H31ClO4S. The summed E-state index contributed by atoms with van der Waals surface area (Å²) in [5.74, 6) is -0.723. The van der Waals surface area contributed by atoms with Gasteiger partial charge in [-0.2, -0.15) is 0 Å². The topological polar surface area (TPSA) is 77.8 Å². The fraction of sp³-hybridized carbons (Fsp3) is 0.667. The van der Waals surface area contributed by atoms with Crippen molar-refractivity contribution >= 4 is 28.9 Å². The van der Waals surface area contributed by atoms with Gasteiger partial charge in [-0.25, -0.2) is 4.79 Å². The fourth-order valence-electron chi connectivity index (χ4n) is 3.83. The molecular weight excluding hydrogens is 384 g/mol. The van der Waals surface area contributed by atoms with Crippen LogP contribution in [0.15, 0.2) is 24.3 Å². The van der Waals surface area contributed by atoms with Crippen LogP contribution in [0.5, 0.6) is 0 Å². The number of thiophene rings is 1. The Bertz CT molecular complexity index is 615.